The Balaban J connectivity index is 1.08. The monoisotopic (exact) mass is 785 g/mol. The third-order valence-corrected chi connectivity index (χ3v) is 13.8. The minimum absolute atomic E-state index is 0.00415. The van der Waals surface area contributed by atoms with E-state index in [0.717, 1.165) is 26.4 Å². The molecule has 2 aliphatic carbocycles. The number of imide groups is 1. The fourth-order valence-corrected chi connectivity index (χ4v) is 11.6. The van der Waals surface area contributed by atoms with Crippen LogP contribution in [-0.4, -0.2) is 41.7 Å². The summed E-state index contributed by atoms with van der Waals surface area (Å²) >= 11 is 18.3. The molecular formula is C34H26BrCl2N3O6S2. The van der Waals surface area contributed by atoms with Crippen molar-refractivity contribution in [1.29, 1.82) is 0 Å². The standard InChI is InChI=1S/C34H26BrCl2N3O6S2/c1-45-23-10-14(2-9-22(23)46-13-24(41)38-16-5-8-20(36)21(37)11-16)25-26-18-12-19(29(26)47-31-30(25)48-34(44)39-31)28-27(18)32(42)40(33(28)43)17-6-3-15(35)4-7-17/h2-11,18-19,25-29H,12-13H2,1H3,(H,38,41)(H,39,44)/t18-,19-,25+,26-,27+,28+,29-/m1/s1. The molecule has 2 bridgehead atoms. The highest BCUT2D eigenvalue weighted by Gasteiger charge is 2.69. The molecule has 9 nitrogen and oxygen atoms in total. The fourth-order valence-electron chi connectivity index (χ4n) is 8.15. The van der Waals surface area contributed by atoms with Gasteiger partial charge in [0.2, 0.25) is 11.8 Å². The first kappa shape index (κ1) is 31.9. The maximum atomic E-state index is 14.0. The van der Waals surface area contributed by atoms with Crippen molar-refractivity contribution in [3.63, 3.8) is 0 Å². The van der Waals surface area contributed by atoms with Crippen LogP contribution in [0.25, 0.3) is 0 Å². The topological polar surface area (TPSA) is 118 Å². The molecule has 0 unspecified atom stereocenters. The number of methoxy groups -OCH3 is 1. The van der Waals surface area contributed by atoms with Gasteiger partial charge in [-0.1, -0.05) is 56.5 Å². The Morgan fingerprint density at radius 2 is 1.73 bits per heavy atom. The van der Waals surface area contributed by atoms with E-state index in [9.17, 15) is 19.2 Å². The fraction of sp³-hybridized carbons (Fsp3) is 0.294. The highest BCUT2D eigenvalue weighted by Crippen LogP contribution is 2.68. The summed E-state index contributed by atoms with van der Waals surface area (Å²) in [5, 5.41) is 4.31. The van der Waals surface area contributed by atoms with Gasteiger partial charge in [-0.25, -0.2) is 0 Å². The summed E-state index contributed by atoms with van der Waals surface area (Å²) in [6.07, 6.45) is 0.783. The second-order valence-electron chi connectivity index (χ2n) is 12.3. The summed E-state index contributed by atoms with van der Waals surface area (Å²) in [6.45, 7) is -0.276. The number of rotatable bonds is 7. The van der Waals surface area contributed by atoms with Crippen molar-refractivity contribution in [3.8, 4) is 11.5 Å². The van der Waals surface area contributed by atoms with Crippen molar-refractivity contribution < 1.29 is 23.9 Å². The molecule has 8 rings (SSSR count). The molecule has 3 amide bonds. The molecule has 2 N–H and O–H groups in total. The van der Waals surface area contributed by atoms with Gasteiger partial charge in [0, 0.05) is 26.2 Å². The maximum Gasteiger partial charge on any atom is 0.305 e. The summed E-state index contributed by atoms with van der Waals surface area (Å²) in [4.78, 5) is 58.4. The lowest BCUT2D eigenvalue weighted by molar-refractivity contribution is -0.123. The van der Waals surface area contributed by atoms with Crippen molar-refractivity contribution in [2.24, 2.45) is 29.6 Å². The van der Waals surface area contributed by atoms with Gasteiger partial charge >= 0.3 is 4.87 Å². The molecule has 4 aliphatic rings. The van der Waals surface area contributed by atoms with Crippen molar-refractivity contribution in [2.75, 3.05) is 23.9 Å². The van der Waals surface area contributed by atoms with Crippen LogP contribution in [0.4, 0.5) is 11.4 Å². The zero-order valence-electron chi connectivity index (χ0n) is 25.1. The third kappa shape index (κ3) is 5.19. The van der Waals surface area contributed by atoms with E-state index in [4.69, 9.17) is 32.7 Å². The van der Waals surface area contributed by atoms with Gasteiger partial charge in [-0.2, -0.15) is 0 Å². The zero-order chi connectivity index (χ0) is 33.4. The number of H-pyrrole nitrogens is 1. The number of fused-ring (bicyclic) bond motifs is 9. The molecule has 246 valence electrons. The minimum atomic E-state index is -0.411. The molecule has 3 heterocycles. The van der Waals surface area contributed by atoms with Gasteiger partial charge in [0.1, 0.15) is 0 Å². The minimum Gasteiger partial charge on any atom is -0.493 e. The average Bonchev–Trinajstić information content (AvgIpc) is 3.81. The number of benzene rings is 3. The van der Waals surface area contributed by atoms with Crippen LogP contribution in [0.1, 0.15) is 22.8 Å². The number of nitrogens with zero attached hydrogens (tertiary/aromatic N) is 1. The number of nitrogens with one attached hydrogen (secondary N) is 2. The van der Waals surface area contributed by atoms with Gasteiger partial charge in [0.05, 0.1) is 39.7 Å². The van der Waals surface area contributed by atoms with E-state index in [2.05, 4.69) is 26.2 Å². The SMILES string of the molecule is COc1cc([C@@H]2c3sc(=O)[nH]c3S[C@@H]3[C@@H]4C[C@@H]([C@@H]5C(=O)N(c6ccc(Br)cc6)C(=O)[C@@H]45)[C@H]23)ccc1OCC(=O)Nc1ccc(Cl)c(Cl)c1. The summed E-state index contributed by atoms with van der Waals surface area (Å²) in [5.74, 6) is -0.847. The summed E-state index contributed by atoms with van der Waals surface area (Å²) in [6, 6.07) is 17.6. The Labute approximate surface area is 301 Å². The number of aromatic nitrogens is 1. The van der Waals surface area contributed by atoms with Gasteiger partial charge in [0.25, 0.3) is 5.91 Å². The molecule has 1 saturated heterocycles. The first-order valence-electron chi connectivity index (χ1n) is 15.2. The van der Waals surface area contributed by atoms with Gasteiger partial charge in [0.15, 0.2) is 18.1 Å². The smallest absolute Gasteiger partial charge is 0.305 e. The molecule has 3 fully saturated rings. The van der Waals surface area contributed by atoms with E-state index in [1.807, 2.05) is 24.3 Å². The molecule has 1 aromatic heterocycles. The van der Waals surface area contributed by atoms with Crippen LogP contribution in [0, 0.1) is 29.6 Å². The number of amides is 3. The second-order valence-corrected chi connectivity index (χ2v) is 16.3. The summed E-state index contributed by atoms with van der Waals surface area (Å²) in [7, 11) is 1.53. The number of aromatic amines is 1. The van der Waals surface area contributed by atoms with Gasteiger partial charge in [-0.05, 0) is 84.3 Å². The van der Waals surface area contributed by atoms with Crippen LogP contribution >= 0.6 is 62.2 Å². The molecule has 2 aliphatic heterocycles. The molecular weight excluding hydrogens is 761 g/mol. The third-order valence-electron chi connectivity index (χ3n) is 9.92. The lowest BCUT2D eigenvalue weighted by Crippen LogP contribution is -2.42. The van der Waals surface area contributed by atoms with Crippen molar-refractivity contribution in [2.45, 2.75) is 22.6 Å². The maximum absolute atomic E-state index is 14.0. The molecule has 0 radical (unpaired) electrons. The Kier molecular flexibility index (Phi) is 8.15. The first-order valence-corrected chi connectivity index (χ1v) is 18.5. The number of carbonyl (C=O) groups excluding carboxylic acids is 3. The first-order chi connectivity index (χ1) is 23.1. The van der Waals surface area contributed by atoms with Crippen molar-refractivity contribution >= 4 is 91.3 Å². The Bertz CT molecular complexity index is 2050. The number of carbonyl (C=O) groups is 3. The Morgan fingerprint density at radius 1 is 0.979 bits per heavy atom. The number of thiazole rings is 1. The lowest BCUT2D eigenvalue weighted by Gasteiger charge is -2.43. The summed E-state index contributed by atoms with van der Waals surface area (Å²) in [5.41, 5.74) is 1.99. The van der Waals surface area contributed by atoms with Gasteiger partial charge < -0.3 is 19.8 Å². The van der Waals surface area contributed by atoms with Crippen molar-refractivity contribution in [1.82, 2.24) is 4.98 Å². The highest BCUT2D eigenvalue weighted by atomic mass is 79.9. The lowest BCUT2D eigenvalue weighted by atomic mass is 9.68. The van der Waals surface area contributed by atoms with Crippen LogP contribution in [0.3, 0.4) is 0 Å². The molecule has 14 heteroatoms. The normalized spacial score (nSPS) is 26.7. The number of thioether (sulfide) groups is 1. The number of hydrogen-bond donors (Lipinski definition) is 2. The van der Waals surface area contributed by atoms with E-state index in [0.29, 0.717) is 32.9 Å². The molecule has 4 aromatic rings. The largest absolute Gasteiger partial charge is 0.493 e. The van der Waals surface area contributed by atoms with Crippen molar-refractivity contribution in [3.05, 3.63) is 95.3 Å². The van der Waals surface area contributed by atoms with E-state index in [1.54, 1.807) is 48.2 Å². The van der Waals surface area contributed by atoms with Crippen LogP contribution in [0.5, 0.6) is 11.5 Å². The molecule has 7 atom stereocenters. The quantitative estimate of drug-likeness (QED) is 0.190. The van der Waals surface area contributed by atoms with Crippen LogP contribution in [0.2, 0.25) is 10.0 Å². The number of hydrogen-bond acceptors (Lipinski definition) is 8. The van der Waals surface area contributed by atoms with E-state index < -0.39 is 11.8 Å². The van der Waals surface area contributed by atoms with Gasteiger partial charge in [-0.3, -0.25) is 24.1 Å². The summed E-state index contributed by atoms with van der Waals surface area (Å²) < 4.78 is 12.5. The average molecular weight is 788 g/mol. The molecule has 0 spiro atoms. The number of anilines is 2. The Hall–Kier alpha value is -3.29. The second kappa shape index (κ2) is 12.2. The van der Waals surface area contributed by atoms with Crippen LogP contribution in [0.15, 0.2) is 75.0 Å². The molecule has 2 saturated carbocycles. The predicted octanol–water partition coefficient (Wildman–Crippen LogP) is 7.21. The molecule has 48 heavy (non-hydrogen) atoms. The highest BCUT2D eigenvalue weighted by molar-refractivity contribution is 9.10. The Morgan fingerprint density at radius 3 is 2.46 bits per heavy atom. The van der Waals surface area contributed by atoms with Crippen LogP contribution < -0.4 is 24.6 Å². The van der Waals surface area contributed by atoms with E-state index >= 15 is 0 Å². The van der Waals surface area contributed by atoms with Gasteiger partial charge in [-0.15, -0.1) is 11.8 Å². The molecule has 3 aromatic carbocycles. The predicted molar refractivity (Wildman–Crippen MR) is 189 cm³/mol. The van der Waals surface area contributed by atoms with E-state index in [1.165, 1.54) is 23.3 Å². The number of halogens is 3. The zero-order valence-corrected chi connectivity index (χ0v) is 29.8. The van der Waals surface area contributed by atoms with E-state index in [-0.39, 0.29) is 58.1 Å². The number of ether oxygens (including phenoxy) is 2. The van der Waals surface area contributed by atoms with Crippen LogP contribution in [-0.2, 0) is 14.4 Å².